The van der Waals surface area contributed by atoms with Gasteiger partial charge in [-0.2, -0.15) is 0 Å². The monoisotopic (exact) mass is 951 g/mol. The van der Waals surface area contributed by atoms with Crippen LogP contribution in [0.4, 0.5) is 0 Å². The zero-order chi connectivity index (χ0) is 49.2. The number of rotatable bonds is 55. The van der Waals surface area contributed by atoms with Gasteiger partial charge in [-0.05, 0) is 103 Å². The molecule has 0 aromatic heterocycles. The molecule has 68 heavy (non-hydrogen) atoms. The molecule has 0 N–H and O–H groups in total. The van der Waals surface area contributed by atoms with Gasteiger partial charge in [-0.25, -0.2) is 0 Å². The Labute approximate surface area is 424 Å². The Morgan fingerprint density at radius 2 is 0.647 bits per heavy atom. The largest absolute Gasteiger partial charge is 0.462 e. The van der Waals surface area contributed by atoms with Crippen molar-refractivity contribution < 1.29 is 23.8 Å². The van der Waals surface area contributed by atoms with E-state index in [-0.39, 0.29) is 25.2 Å². The summed E-state index contributed by atoms with van der Waals surface area (Å²) in [6.07, 6.45) is 75.3. The fraction of sp³-hybridized carbons (Fsp3) is 0.810. The van der Waals surface area contributed by atoms with Crippen molar-refractivity contribution in [1.82, 2.24) is 0 Å². The van der Waals surface area contributed by atoms with Crippen LogP contribution in [0, 0.1) is 0 Å². The number of carbonyl (C=O) groups is 2. The van der Waals surface area contributed by atoms with E-state index < -0.39 is 6.10 Å². The van der Waals surface area contributed by atoms with Gasteiger partial charge in [0.1, 0.15) is 6.61 Å². The average Bonchev–Trinajstić information content (AvgIpc) is 3.34. The highest BCUT2D eigenvalue weighted by Gasteiger charge is 2.17. The van der Waals surface area contributed by atoms with Crippen LogP contribution in [0.15, 0.2) is 60.8 Å². The van der Waals surface area contributed by atoms with Gasteiger partial charge in [-0.1, -0.05) is 248 Å². The molecule has 1 unspecified atom stereocenters. The highest BCUT2D eigenvalue weighted by molar-refractivity contribution is 5.70. The van der Waals surface area contributed by atoms with E-state index >= 15 is 0 Å². The van der Waals surface area contributed by atoms with Crippen LogP contribution in [-0.2, 0) is 23.8 Å². The third kappa shape index (κ3) is 56.2. The molecule has 0 heterocycles. The van der Waals surface area contributed by atoms with Crippen LogP contribution in [0.5, 0.6) is 0 Å². The quantitative estimate of drug-likeness (QED) is 0.0345. The van der Waals surface area contributed by atoms with Crippen LogP contribution in [0.1, 0.15) is 303 Å². The first-order valence-electron chi connectivity index (χ1n) is 29.8. The molecular weight excluding hydrogens is 837 g/mol. The van der Waals surface area contributed by atoms with Crippen molar-refractivity contribution in [2.24, 2.45) is 0 Å². The molecule has 0 radical (unpaired) electrons. The van der Waals surface area contributed by atoms with Gasteiger partial charge in [0.25, 0.3) is 0 Å². The molecule has 0 amide bonds. The Morgan fingerprint density at radius 3 is 1.07 bits per heavy atom. The number of ether oxygens (including phenoxy) is 3. The van der Waals surface area contributed by atoms with Crippen molar-refractivity contribution in [3.63, 3.8) is 0 Å². The molecule has 5 heteroatoms. The van der Waals surface area contributed by atoms with E-state index in [1.807, 2.05) is 0 Å². The van der Waals surface area contributed by atoms with Gasteiger partial charge in [0.15, 0.2) is 6.10 Å². The summed E-state index contributed by atoms with van der Waals surface area (Å²) >= 11 is 0. The number of esters is 2. The summed E-state index contributed by atoms with van der Waals surface area (Å²) in [6.45, 7) is 7.76. The van der Waals surface area contributed by atoms with Gasteiger partial charge < -0.3 is 14.2 Å². The molecule has 0 fully saturated rings. The second-order valence-corrected chi connectivity index (χ2v) is 19.9. The summed E-state index contributed by atoms with van der Waals surface area (Å²) in [4.78, 5) is 25.5. The Morgan fingerprint density at radius 1 is 0.324 bits per heavy atom. The van der Waals surface area contributed by atoms with Crippen molar-refractivity contribution in [2.75, 3.05) is 19.8 Å². The first-order valence-corrected chi connectivity index (χ1v) is 29.8. The second-order valence-electron chi connectivity index (χ2n) is 19.9. The SMILES string of the molecule is CCC/C=C\C/C=C\CCCCCCCC(=O)OC(COCCCCCCCCCCCC/C=C\CCCCCCCC)COC(=O)CCCCCCCCCCC/C=C\C/C=C\CCCCC. The van der Waals surface area contributed by atoms with Gasteiger partial charge in [-0.3, -0.25) is 9.59 Å². The summed E-state index contributed by atoms with van der Waals surface area (Å²) in [6, 6.07) is 0. The molecule has 0 aromatic rings. The molecule has 0 aliphatic heterocycles. The van der Waals surface area contributed by atoms with Crippen molar-refractivity contribution in [3.05, 3.63) is 60.8 Å². The Kier molecular flexibility index (Phi) is 56.8. The lowest BCUT2D eigenvalue weighted by molar-refractivity contribution is -0.163. The van der Waals surface area contributed by atoms with Crippen molar-refractivity contribution in [2.45, 2.75) is 309 Å². The predicted molar refractivity (Wildman–Crippen MR) is 298 cm³/mol. The average molecular weight is 952 g/mol. The lowest BCUT2D eigenvalue weighted by atomic mass is 10.1. The van der Waals surface area contributed by atoms with Crippen LogP contribution in [-0.4, -0.2) is 37.9 Å². The molecule has 0 aliphatic rings. The minimum atomic E-state index is -0.547. The smallest absolute Gasteiger partial charge is 0.306 e. The zero-order valence-corrected chi connectivity index (χ0v) is 45.6. The van der Waals surface area contributed by atoms with E-state index in [1.54, 1.807) is 0 Å². The summed E-state index contributed by atoms with van der Waals surface area (Å²) in [7, 11) is 0. The molecule has 0 aliphatic carbocycles. The number of hydrogen-bond acceptors (Lipinski definition) is 5. The van der Waals surface area contributed by atoms with E-state index in [2.05, 4.69) is 81.5 Å². The third-order valence-corrected chi connectivity index (χ3v) is 13.0. The van der Waals surface area contributed by atoms with Gasteiger partial charge in [-0.15, -0.1) is 0 Å². The molecule has 0 spiro atoms. The van der Waals surface area contributed by atoms with Crippen LogP contribution in [0.2, 0.25) is 0 Å². The highest BCUT2D eigenvalue weighted by Crippen LogP contribution is 2.15. The fourth-order valence-corrected chi connectivity index (χ4v) is 8.52. The molecule has 0 saturated heterocycles. The van der Waals surface area contributed by atoms with Crippen molar-refractivity contribution in [1.29, 1.82) is 0 Å². The van der Waals surface area contributed by atoms with Crippen LogP contribution < -0.4 is 0 Å². The molecule has 0 aromatic carbocycles. The summed E-state index contributed by atoms with van der Waals surface area (Å²) in [5.41, 5.74) is 0. The van der Waals surface area contributed by atoms with Crippen LogP contribution >= 0.6 is 0 Å². The molecule has 1 atom stereocenters. The van der Waals surface area contributed by atoms with E-state index in [9.17, 15) is 9.59 Å². The van der Waals surface area contributed by atoms with Gasteiger partial charge in [0.2, 0.25) is 0 Å². The second kappa shape index (κ2) is 58.9. The minimum Gasteiger partial charge on any atom is -0.462 e. The normalized spacial score (nSPS) is 12.6. The molecule has 396 valence electrons. The summed E-state index contributed by atoms with van der Waals surface area (Å²) in [5, 5.41) is 0. The highest BCUT2D eigenvalue weighted by atomic mass is 16.6. The summed E-state index contributed by atoms with van der Waals surface area (Å²) in [5.74, 6) is -0.408. The topological polar surface area (TPSA) is 61.8 Å². The Bertz CT molecular complexity index is 1170. The van der Waals surface area contributed by atoms with E-state index in [1.165, 1.54) is 205 Å². The lowest BCUT2D eigenvalue weighted by Gasteiger charge is -2.18. The van der Waals surface area contributed by atoms with Crippen LogP contribution in [0.25, 0.3) is 0 Å². The number of unbranched alkanes of at least 4 members (excludes halogenated alkanes) is 34. The van der Waals surface area contributed by atoms with E-state index in [0.717, 1.165) is 64.2 Å². The Hall–Kier alpha value is -2.40. The number of carbonyl (C=O) groups excluding carboxylic acids is 2. The van der Waals surface area contributed by atoms with Crippen molar-refractivity contribution >= 4 is 11.9 Å². The van der Waals surface area contributed by atoms with Gasteiger partial charge >= 0.3 is 11.9 Å². The Balaban J connectivity index is 4.23. The van der Waals surface area contributed by atoms with Gasteiger partial charge in [0, 0.05) is 19.4 Å². The molecule has 0 saturated carbocycles. The first-order chi connectivity index (χ1) is 33.6. The fourth-order valence-electron chi connectivity index (χ4n) is 8.52. The van der Waals surface area contributed by atoms with E-state index in [0.29, 0.717) is 19.4 Å². The van der Waals surface area contributed by atoms with E-state index in [4.69, 9.17) is 14.2 Å². The van der Waals surface area contributed by atoms with Crippen molar-refractivity contribution in [3.8, 4) is 0 Å². The molecule has 0 rings (SSSR count). The maximum Gasteiger partial charge on any atom is 0.306 e. The van der Waals surface area contributed by atoms with Gasteiger partial charge in [0.05, 0.1) is 6.61 Å². The molecule has 5 nitrogen and oxygen atoms in total. The van der Waals surface area contributed by atoms with Crippen LogP contribution in [0.3, 0.4) is 0 Å². The first kappa shape index (κ1) is 65.6. The third-order valence-electron chi connectivity index (χ3n) is 13.0. The lowest BCUT2D eigenvalue weighted by Crippen LogP contribution is -2.30. The molecule has 0 bridgehead atoms. The number of allylic oxidation sites excluding steroid dienone is 10. The maximum atomic E-state index is 12.8. The zero-order valence-electron chi connectivity index (χ0n) is 45.6. The number of hydrogen-bond donors (Lipinski definition) is 0. The maximum absolute atomic E-state index is 12.8. The molecular formula is C63H114O5. The minimum absolute atomic E-state index is 0.0778. The standard InChI is InChI=1S/C63H114O5/c1-4-7-10-13-16-19-22-25-27-29-31-33-35-37-40-43-46-49-52-55-58-66-59-61(68-63(65)57-54-51-48-45-42-38-24-21-18-15-12-9-6-3)60-67-62(64)56-53-50-47-44-41-39-36-34-32-30-28-26-23-20-17-14-11-8-5-2/h12,15,17,20-21,24-28,61H,4-11,13-14,16,18-19,22-23,29-60H2,1-3H3/b15-12-,20-17-,24-21-,27-25-,28-26-. The predicted octanol–water partition coefficient (Wildman–Crippen LogP) is 20.5. The summed E-state index contributed by atoms with van der Waals surface area (Å²) < 4.78 is 17.5.